The largest absolute Gasteiger partial charge is 0.330 e. The van der Waals surface area contributed by atoms with Gasteiger partial charge in [0.05, 0.1) is 0 Å². The number of aryl methyl sites for hydroxylation is 2. The molecule has 0 saturated heterocycles. The van der Waals surface area contributed by atoms with Crippen LogP contribution in [-0.4, -0.2) is 6.54 Å². The lowest BCUT2D eigenvalue weighted by atomic mass is 10.0. The number of hydrogen-bond donors (Lipinski definition) is 1. The van der Waals surface area contributed by atoms with Crippen LogP contribution in [0.3, 0.4) is 0 Å². The second-order valence-corrected chi connectivity index (χ2v) is 5.38. The Morgan fingerprint density at radius 2 is 1.77 bits per heavy atom. The summed E-state index contributed by atoms with van der Waals surface area (Å²) in [5.74, 6) is 2.72. The summed E-state index contributed by atoms with van der Waals surface area (Å²) in [4.78, 5) is 0. The van der Waals surface area contributed by atoms with E-state index < -0.39 is 0 Å². The monoisotopic (exact) mass is 289 g/mol. The summed E-state index contributed by atoms with van der Waals surface area (Å²) in [5, 5.41) is 0. The van der Waals surface area contributed by atoms with Gasteiger partial charge in [0, 0.05) is 5.56 Å². The third-order valence-electron chi connectivity index (χ3n) is 3.67. The van der Waals surface area contributed by atoms with E-state index >= 15 is 0 Å². The number of hydrogen-bond acceptors (Lipinski definition) is 1. The highest BCUT2D eigenvalue weighted by atomic mass is 14.5. The average Bonchev–Trinajstić information content (AvgIpc) is 2.57. The lowest BCUT2D eigenvalue weighted by molar-refractivity contribution is 0.830. The van der Waals surface area contributed by atoms with Gasteiger partial charge in [0.1, 0.15) is 0 Å². The molecule has 1 nitrogen and oxygen atoms in total. The summed E-state index contributed by atoms with van der Waals surface area (Å²) in [6.07, 6.45) is 14.0. The molecule has 0 bridgehead atoms. The minimum absolute atomic E-state index is 0.752. The van der Waals surface area contributed by atoms with Gasteiger partial charge in [-0.25, -0.2) is 0 Å². The first kappa shape index (κ1) is 16.1. The molecule has 2 rings (SSSR count). The molecule has 0 aliphatic rings. The second kappa shape index (κ2) is 8.87. The Bertz CT molecular complexity index is 662. The van der Waals surface area contributed by atoms with E-state index in [4.69, 9.17) is 12.2 Å². The Kier molecular flexibility index (Phi) is 6.48. The van der Waals surface area contributed by atoms with E-state index in [1.54, 1.807) is 0 Å². The van der Waals surface area contributed by atoms with Crippen molar-refractivity contribution in [1.29, 1.82) is 0 Å². The minimum Gasteiger partial charge on any atom is -0.330 e. The van der Waals surface area contributed by atoms with Gasteiger partial charge in [-0.2, -0.15) is 0 Å². The Labute approximate surface area is 133 Å². The third-order valence-corrected chi connectivity index (χ3v) is 3.67. The Hall–Kier alpha value is -2.30. The number of benzene rings is 2. The molecule has 0 heterocycles. The lowest BCUT2D eigenvalue weighted by Crippen LogP contribution is -2.00. The SMILES string of the molecule is C#Cc1ccccc1/C=C\CCc1cccc(CCCN)c1. The molecule has 0 fully saturated rings. The van der Waals surface area contributed by atoms with Gasteiger partial charge in [0.15, 0.2) is 0 Å². The predicted octanol–water partition coefficient (Wildman–Crippen LogP) is 4.21. The number of terminal acetylenes is 1. The Balaban J connectivity index is 1.91. The first-order valence-electron chi connectivity index (χ1n) is 7.83. The molecule has 0 spiro atoms. The molecule has 0 saturated carbocycles. The summed E-state index contributed by atoms with van der Waals surface area (Å²) in [6, 6.07) is 16.8. The predicted molar refractivity (Wildman–Crippen MR) is 95.5 cm³/mol. The normalized spacial score (nSPS) is 10.7. The van der Waals surface area contributed by atoms with Crippen LogP contribution in [0.25, 0.3) is 6.08 Å². The molecule has 1 heteroatoms. The van der Waals surface area contributed by atoms with Crippen LogP contribution in [0.1, 0.15) is 35.1 Å². The van der Waals surface area contributed by atoms with Crippen LogP contribution in [0, 0.1) is 12.3 Å². The zero-order valence-electron chi connectivity index (χ0n) is 13.0. The van der Waals surface area contributed by atoms with Crippen molar-refractivity contribution >= 4 is 6.08 Å². The van der Waals surface area contributed by atoms with Gasteiger partial charge in [0.25, 0.3) is 0 Å². The summed E-state index contributed by atoms with van der Waals surface area (Å²) in [6.45, 7) is 0.752. The van der Waals surface area contributed by atoms with E-state index in [-0.39, 0.29) is 0 Å². The lowest BCUT2D eigenvalue weighted by Gasteiger charge is -2.04. The highest BCUT2D eigenvalue weighted by Crippen LogP contribution is 2.12. The molecule has 2 N–H and O–H groups in total. The first-order chi connectivity index (χ1) is 10.8. The fourth-order valence-electron chi connectivity index (χ4n) is 2.48. The average molecular weight is 289 g/mol. The van der Waals surface area contributed by atoms with Crippen LogP contribution >= 0.6 is 0 Å². The quantitative estimate of drug-likeness (QED) is 0.759. The standard InChI is InChI=1S/C21H23N/c1-2-20-13-5-6-15-21(20)14-4-3-9-18-10-7-11-19(17-18)12-8-16-22/h1,4-7,10-11,13-15,17H,3,8-9,12,16,22H2/b14-4-. The van der Waals surface area contributed by atoms with E-state index in [0.717, 1.165) is 43.4 Å². The Morgan fingerprint density at radius 3 is 2.55 bits per heavy atom. The summed E-state index contributed by atoms with van der Waals surface area (Å²) in [7, 11) is 0. The van der Waals surface area contributed by atoms with Crippen molar-refractivity contribution in [2.45, 2.75) is 25.7 Å². The number of nitrogens with two attached hydrogens (primary N) is 1. The van der Waals surface area contributed by atoms with Crippen molar-refractivity contribution in [1.82, 2.24) is 0 Å². The summed E-state index contributed by atoms with van der Waals surface area (Å²) < 4.78 is 0. The molecule has 0 aliphatic heterocycles. The molecule has 0 atom stereocenters. The maximum atomic E-state index is 5.57. The molecule has 2 aromatic rings. The Morgan fingerprint density at radius 1 is 1.00 bits per heavy atom. The topological polar surface area (TPSA) is 26.0 Å². The van der Waals surface area contributed by atoms with E-state index in [9.17, 15) is 0 Å². The van der Waals surface area contributed by atoms with E-state index in [1.165, 1.54) is 11.1 Å². The highest BCUT2D eigenvalue weighted by molar-refractivity contribution is 5.58. The number of allylic oxidation sites excluding steroid dienone is 1. The third kappa shape index (κ3) is 4.91. The molecule has 112 valence electrons. The molecule has 22 heavy (non-hydrogen) atoms. The van der Waals surface area contributed by atoms with Crippen molar-refractivity contribution in [3.05, 3.63) is 76.9 Å². The molecule has 0 unspecified atom stereocenters. The fourth-order valence-corrected chi connectivity index (χ4v) is 2.48. The van der Waals surface area contributed by atoms with E-state index in [0.29, 0.717) is 0 Å². The molecule has 0 amide bonds. The van der Waals surface area contributed by atoms with Gasteiger partial charge >= 0.3 is 0 Å². The zero-order valence-corrected chi connectivity index (χ0v) is 13.0. The van der Waals surface area contributed by atoms with Gasteiger partial charge in [-0.15, -0.1) is 6.42 Å². The fraction of sp³-hybridized carbons (Fsp3) is 0.238. The maximum Gasteiger partial charge on any atom is 0.0314 e. The second-order valence-electron chi connectivity index (χ2n) is 5.38. The van der Waals surface area contributed by atoms with Crippen LogP contribution < -0.4 is 5.73 Å². The van der Waals surface area contributed by atoms with Crippen molar-refractivity contribution in [2.75, 3.05) is 6.54 Å². The van der Waals surface area contributed by atoms with Crippen LogP contribution in [-0.2, 0) is 12.8 Å². The molecule has 0 aliphatic carbocycles. The van der Waals surface area contributed by atoms with Crippen LogP contribution in [0.5, 0.6) is 0 Å². The van der Waals surface area contributed by atoms with Gasteiger partial charge in [-0.05, 0) is 55.0 Å². The zero-order chi connectivity index (χ0) is 15.6. The van der Waals surface area contributed by atoms with Crippen molar-refractivity contribution in [3.8, 4) is 12.3 Å². The molecular formula is C21H23N. The highest BCUT2D eigenvalue weighted by Gasteiger charge is 1.97. The summed E-state index contributed by atoms with van der Waals surface area (Å²) >= 11 is 0. The minimum atomic E-state index is 0.752. The van der Waals surface area contributed by atoms with Crippen molar-refractivity contribution in [3.63, 3.8) is 0 Å². The molecule has 0 aromatic heterocycles. The summed E-state index contributed by atoms with van der Waals surface area (Å²) in [5.41, 5.74) is 10.4. The van der Waals surface area contributed by atoms with Crippen LogP contribution in [0.15, 0.2) is 54.6 Å². The molecule has 0 radical (unpaired) electrons. The van der Waals surface area contributed by atoms with E-state index in [1.807, 2.05) is 18.2 Å². The van der Waals surface area contributed by atoms with Gasteiger partial charge < -0.3 is 5.73 Å². The molecular weight excluding hydrogens is 266 g/mol. The van der Waals surface area contributed by atoms with Gasteiger partial charge in [-0.3, -0.25) is 0 Å². The van der Waals surface area contributed by atoms with Crippen molar-refractivity contribution in [2.24, 2.45) is 5.73 Å². The van der Waals surface area contributed by atoms with Gasteiger partial charge in [0.2, 0.25) is 0 Å². The van der Waals surface area contributed by atoms with Gasteiger partial charge in [-0.1, -0.05) is 60.5 Å². The smallest absolute Gasteiger partial charge is 0.0314 e. The van der Waals surface area contributed by atoms with Crippen molar-refractivity contribution < 1.29 is 0 Å². The molecule has 2 aromatic carbocycles. The first-order valence-corrected chi connectivity index (χ1v) is 7.83. The number of rotatable bonds is 7. The van der Waals surface area contributed by atoms with Crippen LogP contribution in [0.2, 0.25) is 0 Å². The van der Waals surface area contributed by atoms with Crippen LogP contribution in [0.4, 0.5) is 0 Å². The van der Waals surface area contributed by atoms with E-state index in [2.05, 4.69) is 48.4 Å². The maximum absolute atomic E-state index is 5.57.